The Morgan fingerprint density at radius 1 is 1.23 bits per heavy atom. The lowest BCUT2D eigenvalue weighted by atomic mass is 10.3. The zero-order valence-electron chi connectivity index (χ0n) is 6.89. The zero-order chi connectivity index (χ0) is 9.10. The molecule has 66 valence electrons. The summed E-state index contributed by atoms with van der Waals surface area (Å²) in [7, 11) is 0. The molecule has 0 bridgehead atoms. The quantitative estimate of drug-likeness (QED) is 0.684. The molecule has 0 unspecified atom stereocenters. The fourth-order valence-electron chi connectivity index (χ4n) is 1.15. The maximum Gasteiger partial charge on any atom is 0.152 e. The van der Waals surface area contributed by atoms with E-state index in [-0.39, 0.29) is 0 Å². The number of hydrogen-bond acceptors (Lipinski definition) is 2. The van der Waals surface area contributed by atoms with Crippen LogP contribution in [0.2, 0.25) is 0 Å². The van der Waals surface area contributed by atoms with Gasteiger partial charge in [-0.3, -0.25) is 4.57 Å². The first kappa shape index (κ1) is 8.26. The van der Waals surface area contributed by atoms with Crippen LogP contribution in [0.15, 0.2) is 36.7 Å². The van der Waals surface area contributed by atoms with E-state index >= 15 is 0 Å². The van der Waals surface area contributed by atoms with Crippen molar-refractivity contribution in [3.05, 3.63) is 42.5 Å². The molecular formula is C9H8ClN3. The van der Waals surface area contributed by atoms with Gasteiger partial charge in [0.05, 0.1) is 5.88 Å². The minimum atomic E-state index is 0.370. The van der Waals surface area contributed by atoms with E-state index in [1.165, 1.54) is 0 Å². The molecule has 0 saturated heterocycles. The topological polar surface area (TPSA) is 30.7 Å². The lowest BCUT2D eigenvalue weighted by Gasteiger charge is -2.02. The third-order valence-electron chi connectivity index (χ3n) is 1.77. The third-order valence-corrected chi connectivity index (χ3v) is 2.01. The summed E-state index contributed by atoms with van der Waals surface area (Å²) in [6.45, 7) is 0. The highest BCUT2D eigenvalue weighted by Crippen LogP contribution is 2.09. The molecule has 13 heavy (non-hydrogen) atoms. The van der Waals surface area contributed by atoms with Gasteiger partial charge in [-0.15, -0.1) is 21.8 Å². The number of benzene rings is 1. The van der Waals surface area contributed by atoms with Gasteiger partial charge in [-0.05, 0) is 12.1 Å². The van der Waals surface area contributed by atoms with Gasteiger partial charge in [0.2, 0.25) is 0 Å². The average Bonchev–Trinajstić information content (AvgIpc) is 2.67. The molecular weight excluding hydrogens is 186 g/mol. The summed E-state index contributed by atoms with van der Waals surface area (Å²) in [6, 6.07) is 9.87. The highest BCUT2D eigenvalue weighted by atomic mass is 35.5. The molecule has 3 nitrogen and oxygen atoms in total. The van der Waals surface area contributed by atoms with Gasteiger partial charge in [0.25, 0.3) is 0 Å². The smallest absolute Gasteiger partial charge is 0.152 e. The van der Waals surface area contributed by atoms with Gasteiger partial charge in [0.15, 0.2) is 5.82 Å². The van der Waals surface area contributed by atoms with Crippen LogP contribution < -0.4 is 0 Å². The molecule has 0 spiro atoms. The van der Waals surface area contributed by atoms with E-state index in [2.05, 4.69) is 10.2 Å². The van der Waals surface area contributed by atoms with Crippen molar-refractivity contribution in [1.29, 1.82) is 0 Å². The number of alkyl halides is 1. The predicted octanol–water partition coefficient (Wildman–Crippen LogP) is 2.01. The molecule has 0 saturated carbocycles. The van der Waals surface area contributed by atoms with E-state index < -0.39 is 0 Å². The van der Waals surface area contributed by atoms with Crippen molar-refractivity contribution < 1.29 is 0 Å². The molecule has 0 fully saturated rings. The molecule has 0 amide bonds. The molecule has 0 aliphatic carbocycles. The Morgan fingerprint density at radius 3 is 2.69 bits per heavy atom. The Hall–Kier alpha value is -1.35. The summed E-state index contributed by atoms with van der Waals surface area (Å²) in [4.78, 5) is 0. The second-order valence-electron chi connectivity index (χ2n) is 2.59. The number of nitrogens with zero attached hydrogens (tertiary/aromatic N) is 3. The van der Waals surface area contributed by atoms with Gasteiger partial charge in [-0.2, -0.15) is 0 Å². The van der Waals surface area contributed by atoms with Crippen LogP contribution in [0.25, 0.3) is 5.69 Å². The van der Waals surface area contributed by atoms with Crippen molar-refractivity contribution in [2.75, 3.05) is 0 Å². The van der Waals surface area contributed by atoms with E-state index in [1.54, 1.807) is 6.33 Å². The predicted molar refractivity (Wildman–Crippen MR) is 50.9 cm³/mol. The largest absolute Gasteiger partial charge is 0.285 e. The highest BCUT2D eigenvalue weighted by Gasteiger charge is 2.02. The molecule has 1 aromatic heterocycles. The SMILES string of the molecule is ClCc1nncn1-c1ccccc1. The standard InChI is InChI=1S/C9H8ClN3/c10-6-9-12-11-7-13(9)8-4-2-1-3-5-8/h1-5,7H,6H2. The minimum Gasteiger partial charge on any atom is -0.285 e. The second-order valence-corrected chi connectivity index (χ2v) is 2.85. The molecule has 2 aromatic rings. The summed E-state index contributed by atoms with van der Waals surface area (Å²) < 4.78 is 1.87. The minimum absolute atomic E-state index is 0.370. The summed E-state index contributed by atoms with van der Waals surface area (Å²) in [6.07, 6.45) is 1.66. The van der Waals surface area contributed by atoms with E-state index in [0.29, 0.717) is 5.88 Å². The first-order valence-electron chi connectivity index (χ1n) is 3.92. The summed E-state index contributed by atoms with van der Waals surface area (Å²) in [5, 5.41) is 7.69. The first-order valence-corrected chi connectivity index (χ1v) is 4.45. The lowest BCUT2D eigenvalue weighted by molar-refractivity contribution is 0.951. The first-order chi connectivity index (χ1) is 6.42. The fraction of sp³-hybridized carbons (Fsp3) is 0.111. The maximum atomic E-state index is 5.70. The number of para-hydroxylation sites is 1. The van der Waals surface area contributed by atoms with Crippen molar-refractivity contribution in [1.82, 2.24) is 14.8 Å². The zero-order valence-corrected chi connectivity index (χ0v) is 7.65. The molecule has 0 radical (unpaired) electrons. The third kappa shape index (κ3) is 1.55. The molecule has 2 rings (SSSR count). The Bertz CT molecular complexity index is 383. The molecule has 4 heteroatoms. The van der Waals surface area contributed by atoms with Crippen LogP contribution >= 0.6 is 11.6 Å². The fourth-order valence-corrected chi connectivity index (χ4v) is 1.34. The number of rotatable bonds is 2. The van der Waals surface area contributed by atoms with E-state index in [0.717, 1.165) is 11.5 Å². The van der Waals surface area contributed by atoms with Crippen LogP contribution in [0, 0.1) is 0 Å². The van der Waals surface area contributed by atoms with Gasteiger partial charge >= 0.3 is 0 Å². The molecule has 0 N–H and O–H groups in total. The molecule has 0 aliphatic rings. The lowest BCUT2D eigenvalue weighted by Crippen LogP contribution is -1.97. The maximum absolute atomic E-state index is 5.70. The van der Waals surface area contributed by atoms with Crippen LogP contribution in [0.3, 0.4) is 0 Å². The van der Waals surface area contributed by atoms with Crippen molar-refractivity contribution in [2.45, 2.75) is 5.88 Å². The van der Waals surface area contributed by atoms with Crippen molar-refractivity contribution in [3.63, 3.8) is 0 Å². The van der Waals surface area contributed by atoms with Gasteiger partial charge in [0.1, 0.15) is 6.33 Å². The normalized spacial score (nSPS) is 10.2. The Morgan fingerprint density at radius 2 is 2.00 bits per heavy atom. The van der Waals surface area contributed by atoms with E-state index in [9.17, 15) is 0 Å². The monoisotopic (exact) mass is 193 g/mol. The Labute approximate surface area is 81.0 Å². The van der Waals surface area contributed by atoms with E-state index in [4.69, 9.17) is 11.6 Å². The van der Waals surface area contributed by atoms with Crippen LogP contribution in [0.1, 0.15) is 5.82 Å². The van der Waals surface area contributed by atoms with Crippen molar-refractivity contribution in [3.8, 4) is 5.69 Å². The Balaban J connectivity index is 2.47. The summed E-state index contributed by atoms with van der Waals surface area (Å²) >= 11 is 5.70. The van der Waals surface area contributed by atoms with Gasteiger partial charge < -0.3 is 0 Å². The summed E-state index contributed by atoms with van der Waals surface area (Å²) in [5.74, 6) is 1.13. The van der Waals surface area contributed by atoms with Crippen LogP contribution in [0.4, 0.5) is 0 Å². The summed E-state index contributed by atoms with van der Waals surface area (Å²) in [5.41, 5.74) is 1.03. The van der Waals surface area contributed by atoms with Crippen molar-refractivity contribution >= 4 is 11.6 Å². The number of hydrogen-bond donors (Lipinski definition) is 0. The molecule has 0 aliphatic heterocycles. The second kappa shape index (κ2) is 3.58. The number of halogens is 1. The van der Waals surface area contributed by atoms with Crippen LogP contribution in [-0.4, -0.2) is 14.8 Å². The molecule has 0 atom stereocenters. The van der Waals surface area contributed by atoms with Crippen molar-refractivity contribution in [2.24, 2.45) is 0 Å². The number of aromatic nitrogens is 3. The molecule has 1 heterocycles. The van der Waals surface area contributed by atoms with Gasteiger partial charge in [-0.1, -0.05) is 18.2 Å². The van der Waals surface area contributed by atoms with Crippen LogP contribution in [-0.2, 0) is 5.88 Å². The average molecular weight is 194 g/mol. The van der Waals surface area contributed by atoms with Gasteiger partial charge in [-0.25, -0.2) is 0 Å². The highest BCUT2D eigenvalue weighted by molar-refractivity contribution is 6.16. The van der Waals surface area contributed by atoms with Gasteiger partial charge in [0, 0.05) is 5.69 Å². The van der Waals surface area contributed by atoms with Crippen LogP contribution in [0.5, 0.6) is 0 Å². The Kier molecular flexibility index (Phi) is 2.27. The molecule has 1 aromatic carbocycles. The van der Waals surface area contributed by atoms with E-state index in [1.807, 2.05) is 34.9 Å².